The van der Waals surface area contributed by atoms with Crippen molar-refractivity contribution in [2.24, 2.45) is 17.8 Å². The smallest absolute Gasteiger partial charge is 0.338 e. The van der Waals surface area contributed by atoms with Crippen molar-refractivity contribution >= 4 is 5.97 Å². The van der Waals surface area contributed by atoms with Crippen LogP contribution in [0.2, 0.25) is 0 Å². The van der Waals surface area contributed by atoms with Crippen molar-refractivity contribution in [2.75, 3.05) is 0 Å². The minimum atomic E-state index is -0.190. The van der Waals surface area contributed by atoms with E-state index in [-0.39, 0.29) is 12.1 Å². The summed E-state index contributed by atoms with van der Waals surface area (Å²) in [5.41, 5.74) is 2.91. The lowest BCUT2D eigenvalue weighted by atomic mass is 9.75. The van der Waals surface area contributed by atoms with Crippen molar-refractivity contribution in [1.82, 2.24) is 0 Å². The maximum atomic E-state index is 12.6. The topological polar surface area (TPSA) is 26.3 Å². The van der Waals surface area contributed by atoms with Gasteiger partial charge in [-0.3, -0.25) is 0 Å². The van der Waals surface area contributed by atoms with E-state index in [9.17, 15) is 4.79 Å². The van der Waals surface area contributed by atoms with Crippen LogP contribution in [-0.2, 0) is 4.74 Å². The molecular formula is C23H28O2. The molecule has 0 spiro atoms. The zero-order valence-corrected chi connectivity index (χ0v) is 15.4. The molecule has 0 heterocycles. The van der Waals surface area contributed by atoms with Gasteiger partial charge in [0.25, 0.3) is 0 Å². The van der Waals surface area contributed by atoms with Gasteiger partial charge in [-0.1, -0.05) is 69.7 Å². The number of carbonyl (C=O) groups is 1. The average Bonchev–Trinajstić information content (AvgIpc) is 2.62. The van der Waals surface area contributed by atoms with Crippen molar-refractivity contribution in [1.29, 1.82) is 0 Å². The monoisotopic (exact) mass is 336 g/mol. The molecular weight excluding hydrogens is 308 g/mol. The highest BCUT2D eigenvalue weighted by molar-refractivity contribution is 5.90. The molecule has 25 heavy (non-hydrogen) atoms. The van der Waals surface area contributed by atoms with Crippen LogP contribution < -0.4 is 0 Å². The summed E-state index contributed by atoms with van der Waals surface area (Å²) in [6, 6.07) is 17.9. The summed E-state index contributed by atoms with van der Waals surface area (Å²) < 4.78 is 5.93. The zero-order valence-electron chi connectivity index (χ0n) is 15.4. The quantitative estimate of drug-likeness (QED) is 0.643. The van der Waals surface area contributed by atoms with Crippen LogP contribution in [0.15, 0.2) is 54.6 Å². The Hall–Kier alpha value is -2.09. The first-order valence-electron chi connectivity index (χ1n) is 9.41. The van der Waals surface area contributed by atoms with E-state index in [1.165, 1.54) is 6.42 Å². The van der Waals surface area contributed by atoms with Crippen LogP contribution in [-0.4, -0.2) is 12.1 Å². The second-order valence-corrected chi connectivity index (χ2v) is 7.71. The fraction of sp³-hybridized carbons (Fsp3) is 0.435. The van der Waals surface area contributed by atoms with Gasteiger partial charge in [-0.05, 0) is 53.9 Å². The third-order valence-corrected chi connectivity index (χ3v) is 5.45. The van der Waals surface area contributed by atoms with E-state index in [1.807, 2.05) is 42.5 Å². The van der Waals surface area contributed by atoms with Gasteiger partial charge in [0, 0.05) is 0 Å². The Morgan fingerprint density at radius 1 is 0.960 bits per heavy atom. The van der Waals surface area contributed by atoms with Crippen molar-refractivity contribution in [3.63, 3.8) is 0 Å². The molecule has 0 aromatic heterocycles. The molecule has 1 fully saturated rings. The first-order valence-corrected chi connectivity index (χ1v) is 9.41. The molecule has 2 nitrogen and oxygen atoms in total. The van der Waals surface area contributed by atoms with Crippen LogP contribution in [0.3, 0.4) is 0 Å². The lowest BCUT2D eigenvalue weighted by molar-refractivity contribution is -0.0174. The highest BCUT2D eigenvalue weighted by Gasteiger charge is 2.33. The number of esters is 1. The Labute approximate surface area is 151 Å². The summed E-state index contributed by atoms with van der Waals surface area (Å²) in [6.07, 6.45) is 3.42. The van der Waals surface area contributed by atoms with E-state index >= 15 is 0 Å². The van der Waals surface area contributed by atoms with Crippen molar-refractivity contribution in [3.8, 4) is 11.1 Å². The van der Waals surface area contributed by atoms with Crippen LogP contribution in [0.25, 0.3) is 11.1 Å². The molecule has 2 aromatic carbocycles. The number of rotatable bonds is 4. The molecule has 2 heteroatoms. The normalized spacial score (nSPS) is 23.4. The third-order valence-electron chi connectivity index (χ3n) is 5.45. The summed E-state index contributed by atoms with van der Waals surface area (Å²) >= 11 is 0. The lowest BCUT2D eigenvalue weighted by Gasteiger charge is -2.36. The van der Waals surface area contributed by atoms with Crippen LogP contribution >= 0.6 is 0 Å². The van der Waals surface area contributed by atoms with E-state index in [0.29, 0.717) is 23.3 Å². The van der Waals surface area contributed by atoms with Crippen molar-refractivity contribution in [3.05, 3.63) is 60.2 Å². The number of carbonyl (C=O) groups excluding carboxylic acids is 1. The number of hydrogen-bond acceptors (Lipinski definition) is 2. The molecule has 1 saturated carbocycles. The zero-order chi connectivity index (χ0) is 17.8. The summed E-state index contributed by atoms with van der Waals surface area (Å²) in [4.78, 5) is 12.6. The average molecular weight is 336 g/mol. The molecule has 3 atom stereocenters. The number of hydrogen-bond donors (Lipinski definition) is 0. The maximum Gasteiger partial charge on any atom is 0.338 e. The Bertz CT molecular complexity index is 688. The molecule has 0 bridgehead atoms. The van der Waals surface area contributed by atoms with E-state index in [2.05, 4.69) is 32.9 Å². The maximum absolute atomic E-state index is 12.6. The van der Waals surface area contributed by atoms with Gasteiger partial charge in [-0.25, -0.2) is 4.79 Å². The molecule has 2 aromatic rings. The predicted octanol–water partition coefficient (Wildman–Crippen LogP) is 5.97. The largest absolute Gasteiger partial charge is 0.458 e. The summed E-state index contributed by atoms with van der Waals surface area (Å²) in [7, 11) is 0. The van der Waals surface area contributed by atoms with Gasteiger partial charge in [0.15, 0.2) is 0 Å². The standard InChI is InChI=1S/C23H28O2/c1-16(2)21-14-9-17(3)15-22(21)25-23(24)20-12-10-19(11-13-20)18-7-5-4-6-8-18/h4-8,10-13,16-17,21-22H,9,14-15H2,1-3H3/t17-,21+,22-/m0/s1. The van der Waals surface area contributed by atoms with Gasteiger partial charge in [0.2, 0.25) is 0 Å². The molecule has 0 radical (unpaired) electrons. The summed E-state index contributed by atoms with van der Waals surface area (Å²) in [5.74, 6) is 1.46. The number of benzene rings is 2. The highest BCUT2D eigenvalue weighted by atomic mass is 16.5. The van der Waals surface area contributed by atoms with Crippen LogP contribution in [0.4, 0.5) is 0 Å². The Balaban J connectivity index is 1.70. The first kappa shape index (κ1) is 17.7. The van der Waals surface area contributed by atoms with Gasteiger partial charge in [-0.15, -0.1) is 0 Å². The third kappa shape index (κ3) is 4.31. The SMILES string of the molecule is CC(C)[C@H]1CC[C@H](C)C[C@@H]1OC(=O)c1ccc(-c2ccccc2)cc1. The number of ether oxygens (including phenoxy) is 1. The molecule has 0 N–H and O–H groups in total. The lowest BCUT2D eigenvalue weighted by Crippen LogP contribution is -2.35. The molecule has 132 valence electrons. The molecule has 1 aliphatic rings. The van der Waals surface area contributed by atoms with E-state index in [1.54, 1.807) is 0 Å². The second kappa shape index (κ2) is 7.86. The summed E-state index contributed by atoms with van der Waals surface area (Å²) in [5, 5.41) is 0. The van der Waals surface area contributed by atoms with Gasteiger partial charge < -0.3 is 4.74 Å². The minimum absolute atomic E-state index is 0.0463. The molecule has 0 amide bonds. The summed E-state index contributed by atoms with van der Waals surface area (Å²) in [6.45, 7) is 6.72. The minimum Gasteiger partial charge on any atom is -0.458 e. The van der Waals surface area contributed by atoms with Crippen LogP contribution in [0, 0.1) is 17.8 Å². The molecule has 0 saturated heterocycles. The fourth-order valence-corrected chi connectivity index (χ4v) is 3.89. The van der Waals surface area contributed by atoms with Gasteiger partial charge in [-0.2, -0.15) is 0 Å². The fourth-order valence-electron chi connectivity index (χ4n) is 3.89. The van der Waals surface area contributed by atoms with Gasteiger partial charge >= 0.3 is 5.97 Å². The van der Waals surface area contributed by atoms with Crippen molar-refractivity contribution in [2.45, 2.75) is 46.1 Å². The molecule has 0 aliphatic heterocycles. The molecule has 0 unspecified atom stereocenters. The van der Waals surface area contributed by atoms with Crippen LogP contribution in [0.1, 0.15) is 50.4 Å². The van der Waals surface area contributed by atoms with Crippen molar-refractivity contribution < 1.29 is 9.53 Å². The van der Waals surface area contributed by atoms with E-state index in [4.69, 9.17) is 4.74 Å². The Morgan fingerprint density at radius 2 is 1.60 bits per heavy atom. The van der Waals surface area contributed by atoms with Gasteiger partial charge in [0.05, 0.1) is 5.56 Å². The van der Waals surface area contributed by atoms with Gasteiger partial charge in [0.1, 0.15) is 6.10 Å². The Kier molecular flexibility index (Phi) is 5.57. The predicted molar refractivity (Wildman–Crippen MR) is 102 cm³/mol. The second-order valence-electron chi connectivity index (χ2n) is 7.71. The Morgan fingerprint density at radius 3 is 2.24 bits per heavy atom. The van der Waals surface area contributed by atoms with Crippen LogP contribution in [0.5, 0.6) is 0 Å². The van der Waals surface area contributed by atoms with E-state index < -0.39 is 0 Å². The highest BCUT2D eigenvalue weighted by Crippen LogP contribution is 2.35. The first-order chi connectivity index (χ1) is 12.0. The molecule has 3 rings (SSSR count). The molecule has 1 aliphatic carbocycles. The van der Waals surface area contributed by atoms with E-state index in [0.717, 1.165) is 24.0 Å².